The summed E-state index contributed by atoms with van der Waals surface area (Å²) in [7, 11) is 1.94. The molecule has 2 rings (SSSR count). The van der Waals surface area contributed by atoms with Crippen LogP contribution in [0.5, 0.6) is 0 Å². The minimum absolute atomic E-state index is 0.177. The van der Waals surface area contributed by atoms with Gasteiger partial charge < -0.3 is 5.32 Å². The van der Waals surface area contributed by atoms with Crippen molar-refractivity contribution in [1.82, 2.24) is 15.1 Å². The van der Waals surface area contributed by atoms with Gasteiger partial charge in [-0.1, -0.05) is 19.1 Å². The Kier molecular flexibility index (Phi) is 5.93. The second-order valence-electron chi connectivity index (χ2n) is 5.59. The molecule has 1 atom stereocenters. The topological polar surface area (TPSA) is 29.9 Å². The van der Waals surface area contributed by atoms with Crippen molar-refractivity contribution in [2.75, 3.05) is 13.1 Å². The summed E-state index contributed by atoms with van der Waals surface area (Å²) in [4.78, 5) is 0. The van der Waals surface area contributed by atoms with Crippen molar-refractivity contribution in [2.24, 2.45) is 13.0 Å². The maximum atomic E-state index is 13.0. The van der Waals surface area contributed by atoms with Crippen LogP contribution in [0.4, 0.5) is 4.39 Å². The maximum Gasteiger partial charge on any atom is 0.123 e. The van der Waals surface area contributed by atoms with Crippen LogP contribution >= 0.6 is 0 Å². The Hall–Kier alpha value is -1.68. The van der Waals surface area contributed by atoms with Crippen molar-refractivity contribution in [3.8, 4) is 0 Å². The molecule has 0 spiro atoms. The Morgan fingerprint density at radius 1 is 1.19 bits per heavy atom. The fourth-order valence-electron chi connectivity index (χ4n) is 2.52. The predicted octanol–water partition coefficient (Wildman–Crippen LogP) is 2.96. The quantitative estimate of drug-likeness (QED) is 0.757. The van der Waals surface area contributed by atoms with E-state index in [1.54, 1.807) is 0 Å². The first-order valence-electron chi connectivity index (χ1n) is 7.61. The number of benzene rings is 1. The number of hydrogen-bond acceptors (Lipinski definition) is 2. The van der Waals surface area contributed by atoms with E-state index in [1.807, 2.05) is 30.1 Å². The Morgan fingerprint density at radius 3 is 2.57 bits per heavy atom. The maximum absolute atomic E-state index is 13.0. The van der Waals surface area contributed by atoms with Crippen LogP contribution < -0.4 is 5.32 Å². The Bertz CT molecular complexity index is 533. The molecular formula is C17H24FN3. The number of halogens is 1. The summed E-state index contributed by atoms with van der Waals surface area (Å²) in [6.45, 7) is 4.16. The molecule has 1 N–H and O–H groups in total. The second-order valence-corrected chi connectivity index (χ2v) is 5.59. The molecule has 1 unspecified atom stereocenters. The number of hydrogen-bond donors (Lipinski definition) is 1. The lowest BCUT2D eigenvalue weighted by Crippen LogP contribution is -2.26. The molecular weight excluding hydrogens is 265 g/mol. The Labute approximate surface area is 126 Å². The first-order chi connectivity index (χ1) is 10.2. The van der Waals surface area contributed by atoms with Crippen LogP contribution in [0.25, 0.3) is 0 Å². The van der Waals surface area contributed by atoms with E-state index in [9.17, 15) is 4.39 Å². The molecule has 2 aromatic rings. The molecule has 0 saturated carbocycles. The van der Waals surface area contributed by atoms with E-state index in [1.165, 1.54) is 17.7 Å². The van der Waals surface area contributed by atoms with Crippen molar-refractivity contribution >= 4 is 0 Å². The fraction of sp³-hybridized carbons (Fsp3) is 0.471. The van der Waals surface area contributed by atoms with E-state index in [2.05, 4.69) is 23.4 Å². The lowest BCUT2D eigenvalue weighted by Gasteiger charge is -2.17. The molecule has 1 aromatic heterocycles. The standard InChI is InChI=1S/C17H24FN3/c1-3-9-19-13-15(12-17-8-10-21(2)20-17)11-14-4-6-16(18)7-5-14/h4-8,10,15,19H,3,9,11-13H2,1-2H3. The third-order valence-corrected chi connectivity index (χ3v) is 3.56. The first-order valence-corrected chi connectivity index (χ1v) is 7.61. The first kappa shape index (κ1) is 15.7. The molecule has 0 aliphatic rings. The number of aryl methyl sites for hydroxylation is 1. The van der Waals surface area contributed by atoms with Crippen LogP contribution in [0.3, 0.4) is 0 Å². The largest absolute Gasteiger partial charge is 0.316 e. The van der Waals surface area contributed by atoms with Crippen LogP contribution in [-0.2, 0) is 19.9 Å². The minimum atomic E-state index is -0.177. The average Bonchev–Trinajstić information content (AvgIpc) is 2.87. The van der Waals surface area contributed by atoms with Gasteiger partial charge in [0.15, 0.2) is 0 Å². The van der Waals surface area contributed by atoms with E-state index in [-0.39, 0.29) is 5.82 Å². The number of nitrogens with zero attached hydrogens (tertiary/aromatic N) is 2. The molecule has 114 valence electrons. The van der Waals surface area contributed by atoms with Gasteiger partial charge >= 0.3 is 0 Å². The van der Waals surface area contributed by atoms with Crippen molar-refractivity contribution in [2.45, 2.75) is 26.2 Å². The van der Waals surface area contributed by atoms with E-state index in [0.29, 0.717) is 5.92 Å². The van der Waals surface area contributed by atoms with Gasteiger partial charge in [-0.15, -0.1) is 0 Å². The number of aromatic nitrogens is 2. The molecule has 0 saturated heterocycles. The molecule has 0 bridgehead atoms. The zero-order valence-corrected chi connectivity index (χ0v) is 12.8. The van der Waals surface area contributed by atoms with Crippen molar-refractivity contribution < 1.29 is 4.39 Å². The van der Waals surface area contributed by atoms with Gasteiger partial charge in [-0.05, 0) is 62.0 Å². The van der Waals surface area contributed by atoms with Crippen molar-refractivity contribution in [1.29, 1.82) is 0 Å². The number of rotatable bonds is 8. The highest BCUT2D eigenvalue weighted by atomic mass is 19.1. The summed E-state index contributed by atoms with van der Waals surface area (Å²) in [5.41, 5.74) is 2.29. The van der Waals surface area contributed by atoms with E-state index < -0.39 is 0 Å². The molecule has 0 fully saturated rings. The fourth-order valence-corrected chi connectivity index (χ4v) is 2.52. The molecule has 0 aliphatic carbocycles. The molecule has 0 radical (unpaired) electrons. The summed E-state index contributed by atoms with van der Waals surface area (Å²) in [6, 6.07) is 8.89. The molecule has 0 amide bonds. The van der Waals surface area contributed by atoms with E-state index >= 15 is 0 Å². The van der Waals surface area contributed by atoms with Gasteiger partial charge in [0.1, 0.15) is 5.82 Å². The third-order valence-electron chi connectivity index (χ3n) is 3.56. The molecule has 1 aromatic carbocycles. The van der Waals surface area contributed by atoms with Gasteiger partial charge in [0.05, 0.1) is 5.69 Å². The smallest absolute Gasteiger partial charge is 0.123 e. The molecule has 0 aliphatic heterocycles. The van der Waals surface area contributed by atoms with Crippen molar-refractivity contribution in [3.05, 3.63) is 53.6 Å². The second kappa shape index (κ2) is 7.93. The van der Waals surface area contributed by atoms with E-state index in [4.69, 9.17) is 0 Å². The lowest BCUT2D eigenvalue weighted by molar-refractivity contribution is 0.464. The highest BCUT2D eigenvalue weighted by Crippen LogP contribution is 2.14. The van der Waals surface area contributed by atoms with E-state index in [0.717, 1.165) is 38.0 Å². The predicted molar refractivity (Wildman–Crippen MR) is 83.7 cm³/mol. The Morgan fingerprint density at radius 2 is 1.95 bits per heavy atom. The average molecular weight is 289 g/mol. The Balaban J connectivity index is 1.98. The van der Waals surface area contributed by atoms with Gasteiger partial charge in [-0.25, -0.2) is 4.39 Å². The summed E-state index contributed by atoms with van der Waals surface area (Å²) >= 11 is 0. The van der Waals surface area contributed by atoms with Gasteiger partial charge in [0.25, 0.3) is 0 Å². The third kappa shape index (κ3) is 5.31. The minimum Gasteiger partial charge on any atom is -0.316 e. The van der Waals surface area contributed by atoms with Gasteiger partial charge in [-0.2, -0.15) is 5.10 Å². The lowest BCUT2D eigenvalue weighted by atomic mass is 9.94. The van der Waals surface area contributed by atoms with Crippen LogP contribution in [0.1, 0.15) is 24.6 Å². The van der Waals surface area contributed by atoms with Crippen LogP contribution in [0, 0.1) is 11.7 Å². The van der Waals surface area contributed by atoms with Gasteiger partial charge in [0, 0.05) is 13.2 Å². The van der Waals surface area contributed by atoms with Crippen LogP contribution in [0.15, 0.2) is 36.5 Å². The summed E-state index contributed by atoms with van der Waals surface area (Å²) in [5.74, 6) is 0.293. The normalized spacial score (nSPS) is 12.5. The van der Waals surface area contributed by atoms with Crippen LogP contribution in [-0.4, -0.2) is 22.9 Å². The summed E-state index contributed by atoms with van der Waals surface area (Å²) in [6.07, 6.45) is 4.99. The zero-order valence-electron chi connectivity index (χ0n) is 12.8. The monoisotopic (exact) mass is 289 g/mol. The van der Waals surface area contributed by atoms with Gasteiger partial charge in [-0.3, -0.25) is 4.68 Å². The highest BCUT2D eigenvalue weighted by molar-refractivity contribution is 5.17. The van der Waals surface area contributed by atoms with Crippen molar-refractivity contribution in [3.63, 3.8) is 0 Å². The highest BCUT2D eigenvalue weighted by Gasteiger charge is 2.12. The molecule has 3 nitrogen and oxygen atoms in total. The zero-order chi connectivity index (χ0) is 15.1. The van der Waals surface area contributed by atoms with Crippen LogP contribution in [0.2, 0.25) is 0 Å². The summed E-state index contributed by atoms with van der Waals surface area (Å²) in [5, 5.41) is 7.95. The molecule has 21 heavy (non-hydrogen) atoms. The molecule has 1 heterocycles. The van der Waals surface area contributed by atoms with Gasteiger partial charge in [0.2, 0.25) is 0 Å². The number of nitrogens with one attached hydrogen (secondary N) is 1. The summed E-state index contributed by atoms with van der Waals surface area (Å²) < 4.78 is 14.8. The SMILES string of the molecule is CCCNCC(Cc1ccc(F)cc1)Cc1ccn(C)n1. The molecule has 4 heteroatoms.